The molecule has 9 heteroatoms. The van der Waals surface area contributed by atoms with Crippen molar-refractivity contribution < 1.29 is 24.3 Å². The molecular weight excluding hydrogens is 412 g/mol. The number of carboxylic acids is 1. The molecule has 2 heterocycles. The van der Waals surface area contributed by atoms with Crippen LogP contribution in [0, 0.1) is 6.92 Å². The Morgan fingerprint density at radius 3 is 2.50 bits per heavy atom. The number of nitrogens with zero attached hydrogens (tertiary/aromatic N) is 2. The van der Waals surface area contributed by atoms with Crippen LogP contribution in [0.1, 0.15) is 11.1 Å². The number of anilines is 1. The van der Waals surface area contributed by atoms with Crippen molar-refractivity contribution in [3.8, 4) is 0 Å². The van der Waals surface area contributed by atoms with Crippen LogP contribution >= 0.6 is 0 Å². The zero-order valence-corrected chi connectivity index (χ0v) is 17.2. The summed E-state index contributed by atoms with van der Waals surface area (Å²) in [6.07, 6.45) is 3.20. The Morgan fingerprint density at radius 1 is 1.06 bits per heavy atom. The zero-order chi connectivity index (χ0) is 22.8. The summed E-state index contributed by atoms with van der Waals surface area (Å²) in [5.41, 5.74) is 3.15. The molecule has 3 aromatic rings. The Balaban J connectivity index is 1.60. The number of nitrogens with one attached hydrogen (secondary N) is 2. The molecule has 0 radical (unpaired) electrons. The van der Waals surface area contributed by atoms with Gasteiger partial charge in [-0.2, -0.15) is 0 Å². The molecule has 0 aliphatic carbocycles. The number of aliphatic carboxylic acids is 1. The maximum atomic E-state index is 12.6. The van der Waals surface area contributed by atoms with Crippen LogP contribution in [-0.4, -0.2) is 44.9 Å². The smallest absolute Gasteiger partial charge is 0.329 e. The lowest BCUT2D eigenvalue weighted by molar-refractivity contribution is -0.140. The standard InChI is InChI=1S/C23H20N4O5/c1-14-6-8-16(9-7-14)24-20(28)12-26-11-15(17-4-2-3-5-19(17)26)10-18-22(31)27(13-21(29)30)23(32)25-18/h2-11H,12-13H2,1H3,(H,24,28)(H,25,32)(H,29,30)/b18-10+. The molecule has 4 rings (SSSR count). The number of benzene rings is 2. The number of para-hydroxylation sites is 1. The van der Waals surface area contributed by atoms with Crippen molar-refractivity contribution in [2.45, 2.75) is 13.5 Å². The summed E-state index contributed by atoms with van der Waals surface area (Å²) < 4.78 is 1.75. The van der Waals surface area contributed by atoms with E-state index in [2.05, 4.69) is 10.6 Å². The monoisotopic (exact) mass is 432 g/mol. The number of carbonyl (C=O) groups excluding carboxylic acids is 3. The van der Waals surface area contributed by atoms with Gasteiger partial charge < -0.3 is 20.3 Å². The minimum absolute atomic E-state index is 0.0248. The van der Waals surface area contributed by atoms with Crippen molar-refractivity contribution in [2.24, 2.45) is 0 Å². The van der Waals surface area contributed by atoms with E-state index in [1.807, 2.05) is 55.5 Å². The van der Waals surface area contributed by atoms with Crippen LogP contribution in [0.2, 0.25) is 0 Å². The number of carboxylic acid groups (broad SMARTS) is 1. The van der Waals surface area contributed by atoms with Gasteiger partial charge in [0.25, 0.3) is 5.91 Å². The molecule has 1 fully saturated rings. The predicted octanol–water partition coefficient (Wildman–Crippen LogP) is 2.57. The normalized spacial score (nSPS) is 14.8. The van der Waals surface area contributed by atoms with Crippen molar-refractivity contribution in [3.63, 3.8) is 0 Å². The highest BCUT2D eigenvalue weighted by Gasteiger charge is 2.35. The van der Waals surface area contributed by atoms with Gasteiger partial charge in [0.1, 0.15) is 18.8 Å². The topological polar surface area (TPSA) is 121 Å². The average molecular weight is 432 g/mol. The number of hydrogen-bond acceptors (Lipinski definition) is 4. The van der Waals surface area contributed by atoms with Gasteiger partial charge in [-0.1, -0.05) is 35.9 Å². The van der Waals surface area contributed by atoms with Gasteiger partial charge in [-0.05, 0) is 31.2 Å². The maximum absolute atomic E-state index is 12.6. The number of urea groups is 1. The third-order valence-electron chi connectivity index (χ3n) is 5.02. The SMILES string of the molecule is Cc1ccc(NC(=O)Cn2cc(/C=C3/NC(=O)N(CC(=O)O)C3=O)c3ccccc32)cc1. The summed E-state index contributed by atoms with van der Waals surface area (Å²) >= 11 is 0. The highest BCUT2D eigenvalue weighted by Crippen LogP contribution is 2.25. The molecule has 4 amide bonds. The van der Waals surface area contributed by atoms with Gasteiger partial charge >= 0.3 is 12.0 Å². The van der Waals surface area contributed by atoms with E-state index in [9.17, 15) is 19.2 Å². The molecule has 9 nitrogen and oxygen atoms in total. The number of aryl methyl sites for hydroxylation is 1. The van der Waals surface area contributed by atoms with Gasteiger partial charge in [-0.25, -0.2) is 9.69 Å². The molecule has 3 N–H and O–H groups in total. The summed E-state index contributed by atoms with van der Waals surface area (Å²) in [5.74, 6) is -2.22. The fourth-order valence-electron chi connectivity index (χ4n) is 3.52. The third-order valence-corrected chi connectivity index (χ3v) is 5.02. The summed E-state index contributed by atoms with van der Waals surface area (Å²) in [5, 5.41) is 14.9. The molecule has 0 unspecified atom stereocenters. The van der Waals surface area contributed by atoms with Crippen LogP contribution in [0.4, 0.5) is 10.5 Å². The van der Waals surface area contributed by atoms with Crippen molar-refractivity contribution in [3.05, 3.63) is 71.6 Å². The minimum atomic E-state index is -1.29. The first kappa shape index (κ1) is 20.9. The highest BCUT2D eigenvalue weighted by atomic mass is 16.4. The first-order chi connectivity index (χ1) is 15.3. The zero-order valence-electron chi connectivity index (χ0n) is 17.2. The van der Waals surface area contributed by atoms with Gasteiger partial charge in [-0.15, -0.1) is 0 Å². The molecule has 0 spiro atoms. The van der Waals surface area contributed by atoms with E-state index in [0.717, 1.165) is 16.5 Å². The molecule has 1 aromatic heterocycles. The first-order valence-corrected chi connectivity index (χ1v) is 9.82. The summed E-state index contributed by atoms with van der Waals surface area (Å²) in [6.45, 7) is 1.29. The van der Waals surface area contributed by atoms with E-state index in [1.165, 1.54) is 6.08 Å². The van der Waals surface area contributed by atoms with Crippen LogP contribution in [0.15, 0.2) is 60.4 Å². The van der Waals surface area contributed by atoms with Gasteiger partial charge in [0.15, 0.2) is 0 Å². The molecule has 0 bridgehead atoms. The number of aromatic nitrogens is 1. The van der Waals surface area contributed by atoms with E-state index in [1.54, 1.807) is 10.8 Å². The lowest BCUT2D eigenvalue weighted by Gasteiger charge is -2.07. The van der Waals surface area contributed by atoms with E-state index in [4.69, 9.17) is 5.11 Å². The van der Waals surface area contributed by atoms with E-state index >= 15 is 0 Å². The highest BCUT2D eigenvalue weighted by molar-refractivity contribution is 6.15. The fraction of sp³-hybridized carbons (Fsp3) is 0.130. The second-order valence-corrected chi connectivity index (χ2v) is 7.42. The first-order valence-electron chi connectivity index (χ1n) is 9.82. The molecule has 162 valence electrons. The molecular formula is C23H20N4O5. The van der Waals surface area contributed by atoms with E-state index in [0.29, 0.717) is 16.2 Å². The van der Waals surface area contributed by atoms with Crippen molar-refractivity contribution >= 4 is 46.5 Å². The van der Waals surface area contributed by atoms with Crippen LogP contribution in [0.5, 0.6) is 0 Å². The van der Waals surface area contributed by atoms with Gasteiger partial charge in [0.2, 0.25) is 5.91 Å². The van der Waals surface area contributed by atoms with Gasteiger partial charge in [0.05, 0.1) is 0 Å². The number of rotatable bonds is 6. The second-order valence-electron chi connectivity index (χ2n) is 7.42. The number of hydrogen-bond donors (Lipinski definition) is 3. The number of imide groups is 1. The molecule has 1 aliphatic rings. The Bertz CT molecular complexity index is 1270. The van der Waals surface area contributed by atoms with E-state index in [-0.39, 0.29) is 18.1 Å². The largest absolute Gasteiger partial charge is 0.480 e. The Labute approximate surface area is 182 Å². The Kier molecular flexibility index (Phi) is 5.46. The molecule has 1 saturated heterocycles. The van der Waals surface area contributed by atoms with Crippen LogP contribution in [-0.2, 0) is 20.9 Å². The van der Waals surface area contributed by atoms with Crippen molar-refractivity contribution in [1.29, 1.82) is 0 Å². The Hall–Kier alpha value is -4.40. The third kappa shape index (κ3) is 4.22. The predicted molar refractivity (Wildman–Crippen MR) is 118 cm³/mol. The average Bonchev–Trinajstić information content (AvgIpc) is 3.22. The molecule has 0 atom stereocenters. The number of carbonyl (C=O) groups is 4. The molecule has 0 saturated carbocycles. The van der Waals surface area contributed by atoms with Crippen molar-refractivity contribution in [1.82, 2.24) is 14.8 Å². The summed E-state index contributed by atoms with van der Waals surface area (Å²) in [4.78, 5) is 48.5. The van der Waals surface area contributed by atoms with Crippen LogP contribution in [0.3, 0.4) is 0 Å². The Morgan fingerprint density at radius 2 is 1.78 bits per heavy atom. The second kappa shape index (κ2) is 8.38. The lowest BCUT2D eigenvalue weighted by Crippen LogP contribution is -2.35. The number of fused-ring (bicyclic) bond motifs is 1. The van der Waals surface area contributed by atoms with Gasteiger partial charge in [0, 0.05) is 28.4 Å². The van der Waals surface area contributed by atoms with Crippen LogP contribution in [0.25, 0.3) is 17.0 Å². The van der Waals surface area contributed by atoms with Gasteiger partial charge in [-0.3, -0.25) is 14.4 Å². The number of amides is 4. The maximum Gasteiger partial charge on any atom is 0.329 e. The molecule has 1 aliphatic heterocycles. The van der Waals surface area contributed by atoms with E-state index < -0.39 is 24.5 Å². The quantitative estimate of drug-likeness (QED) is 0.408. The van der Waals surface area contributed by atoms with Crippen molar-refractivity contribution in [2.75, 3.05) is 11.9 Å². The summed E-state index contributed by atoms with van der Waals surface area (Å²) in [7, 11) is 0. The fourth-order valence-corrected chi connectivity index (χ4v) is 3.52. The molecule has 32 heavy (non-hydrogen) atoms. The summed E-state index contributed by atoms with van der Waals surface area (Å²) in [6, 6.07) is 14.0. The minimum Gasteiger partial charge on any atom is -0.480 e. The van der Waals surface area contributed by atoms with Crippen LogP contribution < -0.4 is 10.6 Å². The lowest BCUT2D eigenvalue weighted by atomic mass is 10.1. The molecule has 2 aromatic carbocycles.